The minimum Gasteiger partial charge on any atom is -0.493 e. The number of benzene rings is 1. The number of aromatic amines is 1. The largest absolute Gasteiger partial charge is 0.493 e. The lowest BCUT2D eigenvalue weighted by Crippen LogP contribution is -2.35. The quantitative estimate of drug-likeness (QED) is 0.680. The maximum absolute atomic E-state index is 12.5. The number of H-pyrrole nitrogens is 1. The van der Waals surface area contributed by atoms with E-state index in [1.54, 1.807) is 18.2 Å². The third kappa shape index (κ3) is 4.50. The molecule has 1 saturated heterocycles. The Hall–Kier alpha value is -2.65. The van der Waals surface area contributed by atoms with Crippen LogP contribution in [0.25, 0.3) is 11.4 Å². The lowest BCUT2D eigenvalue weighted by Gasteiger charge is -2.15. The lowest BCUT2D eigenvalue weighted by molar-refractivity contribution is 0.0921. The fraction of sp³-hybridized carbons (Fsp3) is 0.471. The van der Waals surface area contributed by atoms with Crippen LogP contribution in [0, 0.1) is 5.92 Å². The first-order chi connectivity index (χ1) is 12.7. The molecule has 3 N–H and O–H groups in total. The summed E-state index contributed by atoms with van der Waals surface area (Å²) in [7, 11) is 0. The average Bonchev–Trinajstić information content (AvgIpc) is 2.91. The third-order valence-electron chi connectivity index (χ3n) is 4.00. The molecule has 1 aromatic heterocycles. The summed E-state index contributed by atoms with van der Waals surface area (Å²) in [6, 6.07) is 4.97. The number of nitrogens with one attached hydrogen (secondary N) is 3. The van der Waals surface area contributed by atoms with Crippen LogP contribution < -0.4 is 21.1 Å². The first kappa shape index (κ1) is 18.2. The molecule has 1 unspecified atom stereocenters. The number of hydrogen-bond acceptors (Lipinski definition) is 7. The van der Waals surface area contributed by atoms with Crippen molar-refractivity contribution >= 4 is 5.91 Å². The maximum atomic E-state index is 12.5. The summed E-state index contributed by atoms with van der Waals surface area (Å²) in [6.45, 7) is 5.71. The summed E-state index contributed by atoms with van der Waals surface area (Å²) in [5.74, 6) is 0.0579. The van der Waals surface area contributed by atoms with E-state index in [-0.39, 0.29) is 17.6 Å². The second kappa shape index (κ2) is 8.63. The second-order valence-corrected chi connectivity index (χ2v) is 5.94. The van der Waals surface area contributed by atoms with E-state index in [2.05, 4.69) is 25.3 Å². The molecule has 9 nitrogen and oxygen atoms in total. The van der Waals surface area contributed by atoms with Gasteiger partial charge in [0.1, 0.15) is 5.75 Å². The van der Waals surface area contributed by atoms with Gasteiger partial charge >= 0.3 is 5.76 Å². The van der Waals surface area contributed by atoms with Crippen LogP contribution in [0.15, 0.2) is 27.5 Å². The molecule has 1 atom stereocenters. The number of hydrogen-bond donors (Lipinski definition) is 3. The Labute approximate surface area is 150 Å². The second-order valence-electron chi connectivity index (χ2n) is 5.94. The van der Waals surface area contributed by atoms with Crippen LogP contribution in [0.1, 0.15) is 17.3 Å². The average molecular weight is 362 g/mol. The summed E-state index contributed by atoms with van der Waals surface area (Å²) in [5, 5.41) is 9.87. The lowest BCUT2D eigenvalue weighted by atomic mass is 10.1. The number of nitrogens with zero attached hydrogens (tertiary/aromatic N) is 1. The van der Waals surface area contributed by atoms with Gasteiger partial charge in [0.25, 0.3) is 5.91 Å². The van der Waals surface area contributed by atoms with Crippen LogP contribution >= 0.6 is 0 Å². The van der Waals surface area contributed by atoms with Gasteiger partial charge in [0.05, 0.1) is 25.4 Å². The van der Waals surface area contributed by atoms with Gasteiger partial charge in [-0.15, -0.1) is 0 Å². The maximum Gasteiger partial charge on any atom is 0.439 e. The van der Waals surface area contributed by atoms with Gasteiger partial charge in [-0.3, -0.25) is 14.3 Å². The van der Waals surface area contributed by atoms with E-state index in [4.69, 9.17) is 9.47 Å². The number of amides is 1. The van der Waals surface area contributed by atoms with Gasteiger partial charge in [-0.1, -0.05) is 5.16 Å². The van der Waals surface area contributed by atoms with Gasteiger partial charge in [0, 0.05) is 31.1 Å². The molecular weight excluding hydrogens is 340 g/mol. The first-order valence-corrected chi connectivity index (χ1v) is 8.57. The molecule has 1 aromatic carbocycles. The van der Waals surface area contributed by atoms with E-state index in [0.717, 1.165) is 13.1 Å². The van der Waals surface area contributed by atoms with E-state index >= 15 is 0 Å². The molecule has 0 spiro atoms. The molecular formula is C17H22N4O5. The van der Waals surface area contributed by atoms with Crippen LogP contribution in [-0.2, 0) is 4.74 Å². The number of rotatable bonds is 6. The van der Waals surface area contributed by atoms with Crippen LogP contribution in [0.5, 0.6) is 5.75 Å². The van der Waals surface area contributed by atoms with E-state index in [1.807, 2.05) is 6.92 Å². The van der Waals surface area contributed by atoms with Crippen LogP contribution in [0.2, 0.25) is 0 Å². The number of carbonyl (C=O) groups is 1. The zero-order valence-electron chi connectivity index (χ0n) is 14.5. The molecule has 0 saturated carbocycles. The van der Waals surface area contributed by atoms with Gasteiger partial charge in [0.15, 0.2) is 5.82 Å². The molecule has 0 radical (unpaired) electrons. The minimum absolute atomic E-state index is 0.217. The van der Waals surface area contributed by atoms with Crippen molar-refractivity contribution in [3.63, 3.8) is 0 Å². The molecule has 3 rings (SSSR count). The highest BCUT2D eigenvalue weighted by molar-refractivity contribution is 5.95. The van der Waals surface area contributed by atoms with Crippen molar-refractivity contribution in [1.29, 1.82) is 0 Å². The molecule has 1 fully saturated rings. The Morgan fingerprint density at radius 3 is 3.12 bits per heavy atom. The van der Waals surface area contributed by atoms with E-state index in [1.165, 1.54) is 0 Å². The standard InChI is InChI=1S/C17H22N4O5/c1-2-25-14-4-3-12(7-13(14)15-20-17(23)26-21-15)16(22)19-9-11-8-18-5-6-24-10-11/h3-4,7,11,18H,2,5-6,8-10H2,1H3,(H,19,22)(H,20,21,23). The topological polar surface area (TPSA) is 118 Å². The third-order valence-corrected chi connectivity index (χ3v) is 4.00. The van der Waals surface area contributed by atoms with Crippen molar-refractivity contribution in [3.8, 4) is 17.1 Å². The van der Waals surface area contributed by atoms with Gasteiger partial charge in [-0.25, -0.2) is 4.79 Å². The summed E-state index contributed by atoms with van der Waals surface area (Å²) < 4.78 is 15.6. The smallest absolute Gasteiger partial charge is 0.439 e. The predicted octanol–water partition coefficient (Wildman–Crippen LogP) is 0.394. The summed E-state index contributed by atoms with van der Waals surface area (Å²) in [6.07, 6.45) is 0. The van der Waals surface area contributed by atoms with Crippen molar-refractivity contribution in [2.75, 3.05) is 39.5 Å². The van der Waals surface area contributed by atoms with Gasteiger partial charge < -0.3 is 20.1 Å². The monoisotopic (exact) mass is 362 g/mol. The Kier molecular flexibility index (Phi) is 6.03. The highest BCUT2D eigenvalue weighted by Crippen LogP contribution is 2.28. The molecule has 1 aliphatic heterocycles. The molecule has 0 bridgehead atoms. The Balaban J connectivity index is 1.74. The van der Waals surface area contributed by atoms with E-state index in [9.17, 15) is 9.59 Å². The molecule has 26 heavy (non-hydrogen) atoms. The molecule has 9 heteroatoms. The highest BCUT2D eigenvalue weighted by Gasteiger charge is 2.17. The molecule has 2 heterocycles. The predicted molar refractivity (Wildman–Crippen MR) is 93.2 cm³/mol. The molecule has 0 aliphatic carbocycles. The number of aromatic nitrogens is 2. The Bertz CT molecular complexity index is 792. The zero-order chi connectivity index (χ0) is 18.4. The Morgan fingerprint density at radius 2 is 2.35 bits per heavy atom. The Morgan fingerprint density at radius 1 is 1.46 bits per heavy atom. The highest BCUT2D eigenvalue weighted by atomic mass is 16.5. The van der Waals surface area contributed by atoms with E-state index < -0.39 is 5.76 Å². The van der Waals surface area contributed by atoms with Crippen LogP contribution in [-0.4, -0.2) is 55.5 Å². The minimum atomic E-state index is -0.668. The van der Waals surface area contributed by atoms with Crippen molar-refractivity contribution in [3.05, 3.63) is 34.3 Å². The first-order valence-electron chi connectivity index (χ1n) is 8.57. The van der Waals surface area contributed by atoms with Gasteiger partial charge in [0.2, 0.25) is 0 Å². The summed E-state index contributed by atoms with van der Waals surface area (Å²) in [4.78, 5) is 26.2. The fourth-order valence-corrected chi connectivity index (χ4v) is 2.71. The van der Waals surface area contributed by atoms with Gasteiger partial charge in [-0.2, -0.15) is 0 Å². The molecule has 1 aliphatic rings. The van der Waals surface area contributed by atoms with Gasteiger partial charge in [-0.05, 0) is 25.1 Å². The van der Waals surface area contributed by atoms with Crippen LogP contribution in [0.3, 0.4) is 0 Å². The molecule has 2 aromatic rings. The molecule has 140 valence electrons. The fourth-order valence-electron chi connectivity index (χ4n) is 2.71. The van der Waals surface area contributed by atoms with Crippen molar-refractivity contribution in [2.24, 2.45) is 5.92 Å². The van der Waals surface area contributed by atoms with Crippen LogP contribution in [0.4, 0.5) is 0 Å². The normalized spacial score (nSPS) is 17.5. The number of ether oxygens (including phenoxy) is 2. The van der Waals surface area contributed by atoms with Crippen molar-refractivity contribution in [1.82, 2.24) is 20.8 Å². The van der Waals surface area contributed by atoms with Crippen molar-refractivity contribution < 1.29 is 18.8 Å². The zero-order valence-corrected chi connectivity index (χ0v) is 14.5. The van der Waals surface area contributed by atoms with Crippen molar-refractivity contribution in [2.45, 2.75) is 6.92 Å². The summed E-state index contributed by atoms with van der Waals surface area (Å²) >= 11 is 0. The number of carbonyl (C=O) groups excluding carboxylic acids is 1. The SMILES string of the molecule is CCOc1ccc(C(=O)NCC2CNCCOC2)cc1-c1noc(=O)[nH]1. The molecule has 1 amide bonds. The summed E-state index contributed by atoms with van der Waals surface area (Å²) in [5.41, 5.74) is 0.930. The van der Waals surface area contributed by atoms with E-state index in [0.29, 0.717) is 43.2 Å².